The van der Waals surface area contributed by atoms with Crippen molar-refractivity contribution in [3.05, 3.63) is 35.4 Å². The molecule has 5 atom stereocenters. The molecule has 158 valence electrons. The van der Waals surface area contributed by atoms with Gasteiger partial charge in [-0.15, -0.1) is 0 Å². The van der Waals surface area contributed by atoms with Crippen LogP contribution in [0.25, 0.3) is 0 Å². The number of hydrogen-bond acceptors (Lipinski definition) is 1. The first-order valence-electron chi connectivity index (χ1n) is 12.4. The van der Waals surface area contributed by atoms with Crippen LogP contribution in [0.15, 0.2) is 24.3 Å². The third-order valence-electron chi connectivity index (χ3n) is 8.08. The molecule has 0 radical (unpaired) electrons. The molecule has 28 heavy (non-hydrogen) atoms. The van der Waals surface area contributed by atoms with Gasteiger partial charge in [0.15, 0.2) is 0 Å². The van der Waals surface area contributed by atoms with E-state index in [1.807, 2.05) is 0 Å². The summed E-state index contributed by atoms with van der Waals surface area (Å²) in [5, 5.41) is 0. The lowest BCUT2D eigenvalue weighted by atomic mass is 9.68. The van der Waals surface area contributed by atoms with Crippen molar-refractivity contribution in [2.45, 2.75) is 95.8 Å². The summed E-state index contributed by atoms with van der Waals surface area (Å²) >= 11 is 4.46. The van der Waals surface area contributed by atoms with Gasteiger partial charge in [-0.1, -0.05) is 88.6 Å². The van der Waals surface area contributed by atoms with Crippen molar-refractivity contribution < 1.29 is 0 Å². The summed E-state index contributed by atoms with van der Waals surface area (Å²) in [5.41, 5.74) is 2.92. The molecule has 1 aromatic rings. The number of rotatable bonds is 10. The maximum Gasteiger partial charge on any atom is 0.0154 e. The van der Waals surface area contributed by atoms with Gasteiger partial charge in [0.2, 0.25) is 0 Å². The van der Waals surface area contributed by atoms with Crippen LogP contribution >= 0.6 is 12.6 Å². The molecule has 2 saturated carbocycles. The van der Waals surface area contributed by atoms with Gasteiger partial charge >= 0.3 is 0 Å². The highest BCUT2D eigenvalue weighted by atomic mass is 32.1. The maximum atomic E-state index is 4.46. The topological polar surface area (TPSA) is 0 Å². The SMILES string of the molecule is CC[C@H]1CC(CC2CCC[C@@H]2CCCC[SiH3])CCC1Cc1cccc(CS)c1. The van der Waals surface area contributed by atoms with E-state index in [4.69, 9.17) is 0 Å². The van der Waals surface area contributed by atoms with Crippen molar-refractivity contribution in [3.63, 3.8) is 0 Å². The molecule has 3 rings (SSSR count). The van der Waals surface area contributed by atoms with Gasteiger partial charge in [0.25, 0.3) is 0 Å². The number of hydrogen-bond donors (Lipinski definition) is 1. The first-order chi connectivity index (χ1) is 13.7. The summed E-state index contributed by atoms with van der Waals surface area (Å²) in [5.74, 6) is 5.89. The monoisotopic (exact) mass is 416 g/mol. The van der Waals surface area contributed by atoms with Gasteiger partial charge in [-0.25, -0.2) is 0 Å². The Kier molecular flexibility index (Phi) is 9.50. The van der Waals surface area contributed by atoms with Gasteiger partial charge in [-0.05, 0) is 66.4 Å². The van der Waals surface area contributed by atoms with Gasteiger partial charge in [0.1, 0.15) is 0 Å². The molecule has 0 N–H and O–H groups in total. The Morgan fingerprint density at radius 3 is 2.57 bits per heavy atom. The standard InChI is InChI=1S/C26H44SSi/c1-2-23-16-21(18-25-11-6-10-24(25)9-3-4-14-28)12-13-26(23)17-20-7-5-8-22(15-20)19-27/h5,7-8,15,21,23-27H,2-4,6,9-14,16-19H2,1,28H3/t21?,23-,24-,25?,26?/m0/s1. The second-order valence-electron chi connectivity index (χ2n) is 9.97. The molecule has 0 nitrogen and oxygen atoms in total. The van der Waals surface area contributed by atoms with Gasteiger partial charge in [0.05, 0.1) is 0 Å². The number of unbranched alkanes of at least 4 members (excludes halogenated alkanes) is 1. The van der Waals surface area contributed by atoms with Crippen LogP contribution in [-0.4, -0.2) is 10.2 Å². The number of thiol groups is 1. The number of benzene rings is 1. The van der Waals surface area contributed by atoms with Crippen molar-refractivity contribution in [1.82, 2.24) is 0 Å². The summed E-state index contributed by atoms with van der Waals surface area (Å²) in [4.78, 5) is 0. The van der Waals surface area contributed by atoms with Crippen LogP contribution in [0.5, 0.6) is 0 Å². The van der Waals surface area contributed by atoms with Crippen LogP contribution in [0, 0.1) is 29.6 Å². The van der Waals surface area contributed by atoms with E-state index in [0.29, 0.717) is 0 Å². The molecule has 0 spiro atoms. The van der Waals surface area contributed by atoms with Crippen LogP contribution in [0.1, 0.15) is 88.7 Å². The lowest BCUT2D eigenvalue weighted by molar-refractivity contribution is 0.144. The highest BCUT2D eigenvalue weighted by Crippen LogP contribution is 2.45. The molecule has 2 heteroatoms. The van der Waals surface area contributed by atoms with Gasteiger partial charge < -0.3 is 0 Å². The Hall–Kier alpha value is -0.213. The van der Waals surface area contributed by atoms with Gasteiger partial charge in [-0.2, -0.15) is 12.6 Å². The molecular formula is C26H44SSi. The second kappa shape index (κ2) is 11.8. The van der Waals surface area contributed by atoms with Crippen LogP contribution in [0.4, 0.5) is 0 Å². The van der Waals surface area contributed by atoms with Crippen molar-refractivity contribution in [2.24, 2.45) is 29.6 Å². The molecule has 0 saturated heterocycles. The van der Waals surface area contributed by atoms with E-state index in [0.717, 1.165) is 35.3 Å². The Morgan fingerprint density at radius 2 is 1.79 bits per heavy atom. The fourth-order valence-corrected chi connectivity index (χ4v) is 7.15. The fourth-order valence-electron chi connectivity index (χ4n) is 6.45. The zero-order chi connectivity index (χ0) is 19.8. The molecule has 0 aromatic heterocycles. The van der Waals surface area contributed by atoms with Crippen molar-refractivity contribution in [2.75, 3.05) is 0 Å². The highest BCUT2D eigenvalue weighted by molar-refractivity contribution is 7.79. The Balaban J connectivity index is 1.51. The Labute approximate surface area is 183 Å². The molecule has 3 unspecified atom stereocenters. The van der Waals surface area contributed by atoms with E-state index in [-0.39, 0.29) is 0 Å². The summed E-state index contributed by atoms with van der Waals surface area (Å²) in [6.45, 7) is 2.44. The molecule has 2 aliphatic carbocycles. The Bertz CT molecular complexity index is 571. The van der Waals surface area contributed by atoms with E-state index in [9.17, 15) is 0 Å². The van der Waals surface area contributed by atoms with Crippen LogP contribution < -0.4 is 0 Å². The summed E-state index contributed by atoms with van der Waals surface area (Å²) < 4.78 is 0. The van der Waals surface area contributed by atoms with Crippen LogP contribution in [-0.2, 0) is 12.2 Å². The molecule has 0 heterocycles. The average Bonchev–Trinajstić information content (AvgIpc) is 3.16. The minimum Gasteiger partial charge on any atom is -0.175 e. The van der Waals surface area contributed by atoms with Crippen molar-refractivity contribution in [1.29, 1.82) is 0 Å². The van der Waals surface area contributed by atoms with E-state index in [2.05, 4.69) is 43.8 Å². The van der Waals surface area contributed by atoms with E-state index < -0.39 is 0 Å². The summed E-state index contributed by atoms with van der Waals surface area (Å²) in [6, 6.07) is 10.7. The van der Waals surface area contributed by atoms with Crippen molar-refractivity contribution in [3.8, 4) is 0 Å². The maximum absolute atomic E-state index is 4.46. The van der Waals surface area contributed by atoms with Crippen LogP contribution in [0.2, 0.25) is 6.04 Å². The average molecular weight is 417 g/mol. The van der Waals surface area contributed by atoms with E-state index >= 15 is 0 Å². The van der Waals surface area contributed by atoms with Gasteiger partial charge in [0, 0.05) is 16.0 Å². The van der Waals surface area contributed by atoms with Gasteiger partial charge in [-0.3, -0.25) is 0 Å². The quantitative estimate of drug-likeness (QED) is 0.240. The minimum absolute atomic E-state index is 0.862. The third-order valence-corrected chi connectivity index (χ3v) is 9.15. The fraction of sp³-hybridized carbons (Fsp3) is 0.769. The molecule has 0 aliphatic heterocycles. The van der Waals surface area contributed by atoms with E-state index in [1.165, 1.54) is 73.2 Å². The van der Waals surface area contributed by atoms with E-state index in [1.54, 1.807) is 31.2 Å². The smallest absolute Gasteiger partial charge is 0.0154 e. The van der Waals surface area contributed by atoms with Crippen LogP contribution in [0.3, 0.4) is 0 Å². The second-order valence-corrected chi connectivity index (χ2v) is 11.3. The zero-order valence-corrected chi connectivity index (χ0v) is 21.4. The minimum atomic E-state index is 0.862. The lowest BCUT2D eigenvalue weighted by Crippen LogP contribution is -2.28. The normalized spacial score (nSPS) is 30.7. The zero-order valence-electron chi connectivity index (χ0n) is 18.5. The predicted molar refractivity (Wildman–Crippen MR) is 131 cm³/mol. The summed E-state index contributed by atoms with van der Waals surface area (Å²) in [6.07, 6.45) is 17.9. The molecule has 0 bridgehead atoms. The Morgan fingerprint density at radius 1 is 0.964 bits per heavy atom. The molecule has 2 aliphatic rings. The first kappa shape index (κ1) is 22.5. The lowest BCUT2D eigenvalue weighted by Gasteiger charge is -2.38. The first-order valence-corrected chi connectivity index (χ1v) is 14.5. The summed E-state index contributed by atoms with van der Waals surface area (Å²) in [7, 11) is 1.40. The third kappa shape index (κ3) is 6.39. The molecule has 0 amide bonds. The molecule has 2 fully saturated rings. The molecule has 1 aromatic carbocycles. The predicted octanol–water partition coefficient (Wildman–Crippen LogP) is 6.86. The van der Waals surface area contributed by atoms with Crippen molar-refractivity contribution >= 4 is 22.9 Å². The molecular weight excluding hydrogens is 372 g/mol. The largest absolute Gasteiger partial charge is 0.175 e. The highest BCUT2D eigenvalue weighted by Gasteiger charge is 2.34.